The van der Waals surface area contributed by atoms with Crippen LogP contribution in [0, 0.1) is 0 Å². The topological polar surface area (TPSA) is 57.5 Å². The second-order valence-electron chi connectivity index (χ2n) is 2.77. The Labute approximate surface area is 76.9 Å². The van der Waals surface area contributed by atoms with Gasteiger partial charge in [-0.3, -0.25) is 4.57 Å². The van der Waals surface area contributed by atoms with Crippen LogP contribution < -0.4 is 0 Å². The van der Waals surface area contributed by atoms with Gasteiger partial charge in [0.05, 0.1) is 0 Å². The van der Waals surface area contributed by atoms with Crippen molar-refractivity contribution in [2.75, 3.05) is 0 Å². The lowest BCUT2D eigenvalue weighted by Gasteiger charge is -2.01. The van der Waals surface area contributed by atoms with Crippen LogP contribution in [0.5, 0.6) is 0 Å². The van der Waals surface area contributed by atoms with Crippen molar-refractivity contribution in [1.82, 2.24) is 0 Å². The highest BCUT2D eigenvalue weighted by molar-refractivity contribution is 7.55. The molecule has 0 atom stereocenters. The number of hydrogen-bond donors (Lipinski definition) is 2. The van der Waals surface area contributed by atoms with E-state index in [1.807, 2.05) is 30.3 Å². The average Bonchev–Trinajstić information content (AvgIpc) is 2.03. The number of allylic oxidation sites excluding steroid dienone is 1. The van der Waals surface area contributed by atoms with Gasteiger partial charge in [0.15, 0.2) is 0 Å². The van der Waals surface area contributed by atoms with Crippen LogP contribution in [-0.2, 0) is 4.57 Å². The molecule has 1 aromatic carbocycles. The van der Waals surface area contributed by atoms with Crippen LogP contribution in [0.4, 0.5) is 0 Å². The third-order valence-corrected chi connectivity index (χ3v) is 2.31. The predicted octanol–water partition coefficient (Wildman–Crippen LogP) is 2.23. The minimum Gasteiger partial charge on any atom is -0.321 e. The van der Waals surface area contributed by atoms with Crippen molar-refractivity contribution in [2.45, 2.75) is 6.92 Å². The van der Waals surface area contributed by atoms with Gasteiger partial charge in [-0.15, -0.1) is 0 Å². The molecule has 3 nitrogen and oxygen atoms in total. The van der Waals surface area contributed by atoms with Crippen molar-refractivity contribution in [2.24, 2.45) is 0 Å². The summed E-state index contributed by atoms with van der Waals surface area (Å²) in [6.45, 7) is 1.68. The highest BCUT2D eigenvalue weighted by atomic mass is 31.2. The first kappa shape index (κ1) is 10.2. The van der Waals surface area contributed by atoms with Gasteiger partial charge in [0.1, 0.15) is 0 Å². The zero-order valence-electron chi connectivity index (χ0n) is 7.21. The summed E-state index contributed by atoms with van der Waals surface area (Å²) < 4.78 is 10.6. The van der Waals surface area contributed by atoms with E-state index in [0.717, 1.165) is 11.4 Å². The van der Waals surface area contributed by atoms with Crippen LogP contribution in [0.2, 0.25) is 0 Å². The van der Waals surface area contributed by atoms with Gasteiger partial charge < -0.3 is 9.79 Å². The third-order valence-electron chi connectivity index (χ3n) is 1.59. The maximum atomic E-state index is 10.6. The molecular formula is C9H11O3P. The monoisotopic (exact) mass is 198 g/mol. The van der Waals surface area contributed by atoms with Crippen LogP contribution in [0.3, 0.4) is 0 Å². The van der Waals surface area contributed by atoms with Crippen LogP contribution in [0.1, 0.15) is 12.5 Å². The third kappa shape index (κ3) is 3.55. The van der Waals surface area contributed by atoms with Crippen LogP contribution >= 0.6 is 7.60 Å². The molecule has 13 heavy (non-hydrogen) atoms. The van der Waals surface area contributed by atoms with Crippen LogP contribution in [0.25, 0.3) is 5.57 Å². The maximum Gasteiger partial charge on any atom is 0.349 e. The molecule has 0 aliphatic rings. The molecule has 0 radical (unpaired) electrons. The van der Waals surface area contributed by atoms with Gasteiger partial charge >= 0.3 is 7.60 Å². The van der Waals surface area contributed by atoms with E-state index in [1.165, 1.54) is 0 Å². The molecule has 1 aromatic rings. The smallest absolute Gasteiger partial charge is 0.321 e. The lowest BCUT2D eigenvalue weighted by molar-refractivity contribution is 0.386. The van der Waals surface area contributed by atoms with Crippen molar-refractivity contribution in [1.29, 1.82) is 0 Å². The SMILES string of the molecule is CC(=CP(=O)(O)O)c1ccccc1. The first-order valence-corrected chi connectivity index (χ1v) is 5.47. The highest BCUT2D eigenvalue weighted by Gasteiger charge is 2.08. The molecule has 0 heterocycles. The molecule has 0 unspecified atom stereocenters. The van der Waals surface area contributed by atoms with Gasteiger partial charge in [-0.2, -0.15) is 0 Å². The molecule has 0 aliphatic heterocycles. The molecule has 70 valence electrons. The van der Waals surface area contributed by atoms with Crippen molar-refractivity contribution in [3.05, 3.63) is 41.7 Å². The van der Waals surface area contributed by atoms with E-state index >= 15 is 0 Å². The van der Waals surface area contributed by atoms with Gasteiger partial charge in [0.25, 0.3) is 0 Å². The zero-order chi connectivity index (χ0) is 9.90. The quantitative estimate of drug-likeness (QED) is 0.716. The van der Waals surface area contributed by atoms with Gasteiger partial charge in [0.2, 0.25) is 0 Å². The van der Waals surface area contributed by atoms with E-state index in [2.05, 4.69) is 0 Å². The molecule has 0 bridgehead atoms. The fourth-order valence-corrected chi connectivity index (χ4v) is 1.68. The Morgan fingerprint density at radius 3 is 2.31 bits per heavy atom. The number of hydrogen-bond acceptors (Lipinski definition) is 1. The highest BCUT2D eigenvalue weighted by Crippen LogP contribution is 2.39. The fraction of sp³-hybridized carbons (Fsp3) is 0.111. The van der Waals surface area contributed by atoms with Crippen molar-refractivity contribution in [3.63, 3.8) is 0 Å². The van der Waals surface area contributed by atoms with Crippen LogP contribution in [0.15, 0.2) is 36.1 Å². The molecule has 0 spiro atoms. The van der Waals surface area contributed by atoms with Crippen molar-refractivity contribution < 1.29 is 14.4 Å². The molecular weight excluding hydrogens is 187 g/mol. The second kappa shape index (κ2) is 3.88. The molecule has 1 rings (SSSR count). The summed E-state index contributed by atoms with van der Waals surface area (Å²) in [6.07, 6.45) is 0. The first-order chi connectivity index (χ1) is 5.99. The summed E-state index contributed by atoms with van der Waals surface area (Å²) >= 11 is 0. The minimum absolute atomic E-state index is 0.592. The number of rotatable bonds is 2. The zero-order valence-corrected chi connectivity index (χ0v) is 8.11. The molecule has 0 amide bonds. The predicted molar refractivity (Wildman–Crippen MR) is 52.1 cm³/mol. The maximum absolute atomic E-state index is 10.6. The van der Waals surface area contributed by atoms with E-state index in [-0.39, 0.29) is 0 Å². The molecule has 0 saturated carbocycles. The Morgan fingerprint density at radius 1 is 1.31 bits per heavy atom. The summed E-state index contributed by atoms with van der Waals surface area (Å²) in [5.74, 6) is 0.975. The lowest BCUT2D eigenvalue weighted by atomic mass is 10.1. The minimum atomic E-state index is -4.05. The standard InChI is InChI=1S/C9H11O3P/c1-8(7-13(10,11)12)9-5-3-2-4-6-9/h2-7H,1H3,(H2,10,11,12). The molecule has 0 aliphatic carbocycles. The van der Waals surface area contributed by atoms with Gasteiger partial charge in [-0.25, -0.2) is 0 Å². The lowest BCUT2D eigenvalue weighted by Crippen LogP contribution is -1.79. The first-order valence-electron chi connectivity index (χ1n) is 3.79. The normalized spacial score (nSPS) is 13.0. The van der Waals surface area contributed by atoms with E-state index in [9.17, 15) is 4.57 Å². The Balaban J connectivity index is 2.99. The summed E-state index contributed by atoms with van der Waals surface area (Å²) in [5, 5.41) is 0. The Morgan fingerprint density at radius 2 is 1.85 bits per heavy atom. The molecule has 4 heteroatoms. The van der Waals surface area contributed by atoms with Crippen molar-refractivity contribution >= 4 is 13.2 Å². The fourth-order valence-electron chi connectivity index (χ4n) is 1.03. The largest absolute Gasteiger partial charge is 0.349 e. The Bertz CT molecular complexity index is 350. The molecule has 0 aromatic heterocycles. The molecule has 0 fully saturated rings. The summed E-state index contributed by atoms with van der Waals surface area (Å²) in [5.41, 5.74) is 1.42. The van der Waals surface area contributed by atoms with Gasteiger partial charge in [0, 0.05) is 5.82 Å². The van der Waals surface area contributed by atoms with E-state index in [4.69, 9.17) is 9.79 Å². The Kier molecular flexibility index (Phi) is 3.04. The van der Waals surface area contributed by atoms with E-state index in [0.29, 0.717) is 5.57 Å². The average molecular weight is 198 g/mol. The van der Waals surface area contributed by atoms with E-state index in [1.54, 1.807) is 6.92 Å². The second-order valence-corrected chi connectivity index (χ2v) is 4.20. The summed E-state index contributed by atoms with van der Waals surface area (Å²) in [4.78, 5) is 17.4. The number of benzene rings is 1. The van der Waals surface area contributed by atoms with E-state index < -0.39 is 7.60 Å². The molecule has 2 N–H and O–H groups in total. The van der Waals surface area contributed by atoms with Gasteiger partial charge in [-0.1, -0.05) is 30.3 Å². The molecule has 0 saturated heterocycles. The summed E-state index contributed by atoms with van der Waals surface area (Å²) in [6, 6.07) is 9.12. The van der Waals surface area contributed by atoms with Crippen LogP contribution in [-0.4, -0.2) is 9.79 Å². The Hall–Kier alpha value is -0.890. The van der Waals surface area contributed by atoms with Crippen molar-refractivity contribution in [3.8, 4) is 0 Å². The summed E-state index contributed by atoms with van der Waals surface area (Å²) in [7, 11) is -4.05. The van der Waals surface area contributed by atoms with Gasteiger partial charge in [-0.05, 0) is 18.1 Å².